The van der Waals surface area contributed by atoms with Crippen LogP contribution in [0.4, 0.5) is 0 Å². The Kier molecular flexibility index (Phi) is 4.28. The highest BCUT2D eigenvalue weighted by atomic mass is 79.9. The third-order valence-corrected chi connectivity index (χ3v) is 4.15. The van der Waals surface area contributed by atoms with E-state index in [1.807, 2.05) is 12.1 Å². The SMILES string of the molecule is CC1CCC(NCc2cc(Br)ccc2Cl)C1. The van der Waals surface area contributed by atoms with Crippen molar-refractivity contribution in [2.24, 2.45) is 5.92 Å². The van der Waals surface area contributed by atoms with Crippen molar-refractivity contribution in [3.05, 3.63) is 33.3 Å². The summed E-state index contributed by atoms with van der Waals surface area (Å²) < 4.78 is 1.09. The van der Waals surface area contributed by atoms with Crippen molar-refractivity contribution < 1.29 is 0 Å². The monoisotopic (exact) mass is 301 g/mol. The van der Waals surface area contributed by atoms with E-state index in [1.54, 1.807) is 0 Å². The molecule has 16 heavy (non-hydrogen) atoms. The molecule has 2 unspecified atom stereocenters. The van der Waals surface area contributed by atoms with E-state index in [9.17, 15) is 0 Å². The van der Waals surface area contributed by atoms with E-state index in [2.05, 4.69) is 34.2 Å². The predicted octanol–water partition coefficient (Wildman–Crippen LogP) is 4.38. The summed E-state index contributed by atoms with van der Waals surface area (Å²) >= 11 is 9.62. The molecule has 0 aromatic heterocycles. The topological polar surface area (TPSA) is 12.0 Å². The molecular formula is C13H17BrClN. The zero-order valence-electron chi connectivity index (χ0n) is 9.47. The summed E-state index contributed by atoms with van der Waals surface area (Å²) in [6.07, 6.45) is 3.95. The standard InChI is InChI=1S/C13H17BrClN/c1-9-2-4-12(6-9)16-8-10-7-11(14)3-5-13(10)15/h3,5,7,9,12,16H,2,4,6,8H2,1H3. The van der Waals surface area contributed by atoms with Gasteiger partial charge in [-0.25, -0.2) is 0 Å². The lowest BCUT2D eigenvalue weighted by atomic mass is 10.1. The lowest BCUT2D eigenvalue weighted by Gasteiger charge is -2.13. The fraction of sp³-hybridized carbons (Fsp3) is 0.538. The van der Waals surface area contributed by atoms with E-state index >= 15 is 0 Å². The van der Waals surface area contributed by atoms with Gasteiger partial charge in [0, 0.05) is 22.1 Å². The third-order valence-electron chi connectivity index (χ3n) is 3.28. The molecular weight excluding hydrogens is 286 g/mol. The predicted molar refractivity (Wildman–Crippen MR) is 72.8 cm³/mol. The quantitative estimate of drug-likeness (QED) is 0.873. The van der Waals surface area contributed by atoms with Gasteiger partial charge in [-0.2, -0.15) is 0 Å². The molecule has 2 atom stereocenters. The summed E-state index contributed by atoms with van der Waals surface area (Å²) in [6, 6.07) is 6.68. The van der Waals surface area contributed by atoms with Crippen LogP contribution >= 0.6 is 27.5 Å². The zero-order valence-corrected chi connectivity index (χ0v) is 11.8. The molecule has 1 aliphatic rings. The minimum Gasteiger partial charge on any atom is -0.310 e. The van der Waals surface area contributed by atoms with Crippen molar-refractivity contribution in [3.8, 4) is 0 Å². The van der Waals surface area contributed by atoms with Gasteiger partial charge < -0.3 is 5.32 Å². The maximum Gasteiger partial charge on any atom is 0.0451 e. The molecule has 0 bridgehead atoms. The van der Waals surface area contributed by atoms with Gasteiger partial charge in [0.25, 0.3) is 0 Å². The Morgan fingerprint density at radius 1 is 1.44 bits per heavy atom. The largest absolute Gasteiger partial charge is 0.310 e. The normalized spacial score (nSPS) is 24.9. The summed E-state index contributed by atoms with van der Waals surface area (Å²) in [5.41, 5.74) is 1.18. The second-order valence-corrected chi connectivity index (χ2v) is 6.05. The van der Waals surface area contributed by atoms with Crippen LogP contribution in [0, 0.1) is 5.92 Å². The molecule has 1 nitrogen and oxygen atoms in total. The van der Waals surface area contributed by atoms with Gasteiger partial charge in [0.2, 0.25) is 0 Å². The summed E-state index contributed by atoms with van der Waals surface area (Å²) in [5, 5.41) is 4.44. The van der Waals surface area contributed by atoms with Gasteiger partial charge in [-0.1, -0.05) is 34.5 Å². The van der Waals surface area contributed by atoms with Crippen molar-refractivity contribution in [2.75, 3.05) is 0 Å². The number of nitrogens with one attached hydrogen (secondary N) is 1. The van der Waals surface area contributed by atoms with Crippen LogP contribution in [0.5, 0.6) is 0 Å². The van der Waals surface area contributed by atoms with Crippen molar-refractivity contribution in [1.29, 1.82) is 0 Å². The lowest BCUT2D eigenvalue weighted by Crippen LogP contribution is -2.25. The van der Waals surface area contributed by atoms with Gasteiger partial charge in [0.05, 0.1) is 0 Å². The average Bonchev–Trinajstić information content (AvgIpc) is 2.66. The average molecular weight is 303 g/mol. The number of benzene rings is 1. The molecule has 88 valence electrons. The summed E-state index contributed by atoms with van der Waals surface area (Å²) in [6.45, 7) is 3.20. The Morgan fingerprint density at radius 2 is 2.25 bits per heavy atom. The molecule has 0 saturated heterocycles. The van der Waals surface area contributed by atoms with E-state index in [0.29, 0.717) is 6.04 Å². The Bertz CT molecular complexity index is 367. The van der Waals surface area contributed by atoms with Gasteiger partial charge >= 0.3 is 0 Å². The second kappa shape index (κ2) is 5.52. The number of hydrogen-bond acceptors (Lipinski definition) is 1. The third kappa shape index (κ3) is 3.22. The highest BCUT2D eigenvalue weighted by Gasteiger charge is 2.20. The first-order valence-corrected chi connectivity index (χ1v) is 6.99. The Labute approximate surface area is 111 Å². The molecule has 0 heterocycles. The second-order valence-electron chi connectivity index (χ2n) is 4.73. The molecule has 3 heteroatoms. The number of rotatable bonds is 3. The van der Waals surface area contributed by atoms with Crippen LogP contribution in [0.15, 0.2) is 22.7 Å². The van der Waals surface area contributed by atoms with E-state index in [4.69, 9.17) is 11.6 Å². The van der Waals surface area contributed by atoms with Gasteiger partial charge in [0.1, 0.15) is 0 Å². The van der Waals surface area contributed by atoms with Crippen LogP contribution in [0.3, 0.4) is 0 Å². The van der Waals surface area contributed by atoms with Gasteiger partial charge in [0.15, 0.2) is 0 Å². The maximum absolute atomic E-state index is 6.15. The molecule has 1 aliphatic carbocycles. The fourth-order valence-corrected chi connectivity index (χ4v) is 2.92. The minimum absolute atomic E-state index is 0.671. The van der Waals surface area contributed by atoms with Gasteiger partial charge in [-0.15, -0.1) is 0 Å². The summed E-state index contributed by atoms with van der Waals surface area (Å²) in [5.74, 6) is 0.871. The highest BCUT2D eigenvalue weighted by molar-refractivity contribution is 9.10. The van der Waals surface area contributed by atoms with Crippen LogP contribution in [0.25, 0.3) is 0 Å². The Morgan fingerprint density at radius 3 is 2.94 bits per heavy atom. The van der Waals surface area contributed by atoms with E-state index < -0.39 is 0 Å². The highest BCUT2D eigenvalue weighted by Crippen LogP contribution is 2.26. The molecule has 0 radical (unpaired) electrons. The van der Waals surface area contributed by atoms with E-state index in [1.165, 1.54) is 24.8 Å². The molecule has 2 rings (SSSR count). The van der Waals surface area contributed by atoms with Crippen LogP contribution in [-0.4, -0.2) is 6.04 Å². The molecule has 0 aliphatic heterocycles. The Hall–Kier alpha value is -0.0500. The van der Waals surface area contributed by atoms with Crippen LogP contribution in [0.2, 0.25) is 5.02 Å². The lowest BCUT2D eigenvalue weighted by molar-refractivity contribution is 0.502. The van der Waals surface area contributed by atoms with Crippen LogP contribution in [0.1, 0.15) is 31.7 Å². The number of halogens is 2. The van der Waals surface area contributed by atoms with Crippen LogP contribution in [-0.2, 0) is 6.54 Å². The van der Waals surface area contributed by atoms with Gasteiger partial charge in [-0.3, -0.25) is 0 Å². The number of hydrogen-bond donors (Lipinski definition) is 1. The van der Waals surface area contributed by atoms with E-state index in [-0.39, 0.29) is 0 Å². The van der Waals surface area contributed by atoms with Gasteiger partial charge in [-0.05, 0) is 48.9 Å². The molecule has 1 N–H and O–H groups in total. The van der Waals surface area contributed by atoms with Crippen molar-refractivity contribution in [3.63, 3.8) is 0 Å². The fourth-order valence-electron chi connectivity index (χ4n) is 2.33. The molecule has 0 amide bonds. The summed E-state index contributed by atoms with van der Waals surface area (Å²) in [7, 11) is 0. The maximum atomic E-state index is 6.15. The first kappa shape index (κ1) is 12.4. The molecule has 1 aromatic carbocycles. The smallest absolute Gasteiger partial charge is 0.0451 e. The van der Waals surface area contributed by atoms with Crippen molar-refractivity contribution in [2.45, 2.75) is 38.8 Å². The first-order chi connectivity index (χ1) is 7.65. The van der Waals surface area contributed by atoms with Crippen molar-refractivity contribution in [1.82, 2.24) is 5.32 Å². The first-order valence-electron chi connectivity index (χ1n) is 5.82. The van der Waals surface area contributed by atoms with E-state index in [0.717, 1.165) is 22.0 Å². The molecule has 1 fully saturated rings. The molecule has 0 spiro atoms. The zero-order chi connectivity index (χ0) is 11.5. The molecule has 1 aromatic rings. The minimum atomic E-state index is 0.671. The summed E-state index contributed by atoms with van der Waals surface area (Å²) in [4.78, 5) is 0. The molecule has 1 saturated carbocycles. The Balaban J connectivity index is 1.91. The van der Waals surface area contributed by atoms with Crippen molar-refractivity contribution >= 4 is 27.5 Å². The van der Waals surface area contributed by atoms with Crippen LogP contribution < -0.4 is 5.32 Å².